The average molecular weight is 235 g/mol. The molecule has 2 aromatic rings. The van der Waals surface area contributed by atoms with Crippen molar-refractivity contribution in [1.29, 1.82) is 0 Å². The summed E-state index contributed by atoms with van der Waals surface area (Å²) in [5.74, 6) is -1.17. The molecule has 82 valence electrons. The lowest BCUT2D eigenvalue weighted by Crippen LogP contribution is -2.25. The Kier molecular flexibility index (Phi) is 2.97. The topological polar surface area (TPSA) is 45.1 Å². The molecule has 0 atom stereocenters. The fourth-order valence-electron chi connectivity index (χ4n) is 1.57. The minimum Gasteiger partial charge on any atom is -0.543 e. The molecule has 1 heterocycles. The largest absolute Gasteiger partial charge is 0.543 e. The molecule has 0 aliphatic heterocycles. The first-order valence-electron chi connectivity index (χ1n) is 4.78. The van der Waals surface area contributed by atoms with Gasteiger partial charge >= 0.3 is 0 Å². The molecule has 0 amide bonds. The molecule has 0 unspecified atom stereocenters. The molecule has 0 N–H and O–H groups in total. The third-order valence-electron chi connectivity index (χ3n) is 2.28. The first-order chi connectivity index (χ1) is 7.66. The smallest absolute Gasteiger partial charge is 0.0880 e. The van der Waals surface area contributed by atoms with E-state index in [9.17, 15) is 9.90 Å². The van der Waals surface area contributed by atoms with Gasteiger partial charge in [0, 0.05) is 17.8 Å². The molecule has 0 fully saturated rings. The number of carbonyl (C=O) groups excluding carboxylic acids is 1. The molecule has 4 heteroatoms. The molecular weight excluding hydrogens is 226 g/mol. The van der Waals surface area contributed by atoms with E-state index < -0.39 is 5.97 Å². The first-order valence-corrected chi connectivity index (χ1v) is 5.15. The van der Waals surface area contributed by atoms with Crippen LogP contribution in [-0.2, 0) is 6.54 Å². The number of hydrogen-bond donors (Lipinski definition) is 0. The van der Waals surface area contributed by atoms with E-state index in [0.29, 0.717) is 11.6 Å². The zero-order valence-corrected chi connectivity index (χ0v) is 9.15. The summed E-state index contributed by atoms with van der Waals surface area (Å²) < 4.78 is 1.61. The summed E-state index contributed by atoms with van der Waals surface area (Å²) in [4.78, 5) is 10.8. The van der Waals surface area contributed by atoms with Crippen LogP contribution in [0.4, 0.5) is 0 Å². The molecule has 16 heavy (non-hydrogen) atoms. The van der Waals surface area contributed by atoms with Crippen molar-refractivity contribution >= 4 is 17.6 Å². The van der Waals surface area contributed by atoms with Crippen LogP contribution in [0.25, 0.3) is 0 Å². The van der Waals surface area contributed by atoms with Crippen LogP contribution in [0.1, 0.15) is 16.1 Å². The van der Waals surface area contributed by atoms with Gasteiger partial charge < -0.3 is 14.5 Å². The molecule has 0 saturated carbocycles. The van der Waals surface area contributed by atoms with Crippen LogP contribution >= 0.6 is 11.6 Å². The normalized spacial score (nSPS) is 10.3. The van der Waals surface area contributed by atoms with Crippen molar-refractivity contribution in [2.24, 2.45) is 0 Å². The molecule has 0 radical (unpaired) electrons. The number of halogens is 1. The molecule has 0 spiro atoms. The lowest BCUT2D eigenvalue weighted by atomic mass is 10.2. The second-order valence-electron chi connectivity index (χ2n) is 3.44. The number of carbonyl (C=O) groups is 1. The quantitative estimate of drug-likeness (QED) is 0.809. The lowest BCUT2D eigenvalue weighted by Gasteiger charge is -2.09. The van der Waals surface area contributed by atoms with Crippen molar-refractivity contribution < 1.29 is 9.90 Å². The van der Waals surface area contributed by atoms with Crippen LogP contribution < -0.4 is 5.11 Å². The van der Waals surface area contributed by atoms with Crippen LogP contribution in [0, 0.1) is 0 Å². The summed E-state index contributed by atoms with van der Waals surface area (Å²) in [6.45, 7) is 0.469. The van der Waals surface area contributed by atoms with Crippen molar-refractivity contribution in [2.75, 3.05) is 0 Å². The van der Waals surface area contributed by atoms with Crippen molar-refractivity contribution in [3.05, 3.63) is 58.9 Å². The van der Waals surface area contributed by atoms with Crippen LogP contribution in [0.15, 0.2) is 42.6 Å². The Hall–Kier alpha value is -1.74. The molecular formula is C12H9ClNO2-. The zero-order valence-electron chi connectivity index (χ0n) is 8.39. The highest BCUT2D eigenvalue weighted by Gasteiger charge is 2.02. The third kappa shape index (κ3) is 2.25. The van der Waals surface area contributed by atoms with E-state index in [1.165, 1.54) is 6.07 Å². The Bertz CT molecular complexity index is 519. The van der Waals surface area contributed by atoms with Crippen molar-refractivity contribution in [3.8, 4) is 0 Å². The van der Waals surface area contributed by atoms with E-state index >= 15 is 0 Å². The van der Waals surface area contributed by atoms with Gasteiger partial charge in [0.25, 0.3) is 0 Å². The summed E-state index contributed by atoms with van der Waals surface area (Å²) in [5.41, 5.74) is 1.12. The maximum absolute atomic E-state index is 10.8. The Morgan fingerprint density at radius 2 is 2.12 bits per heavy atom. The summed E-state index contributed by atoms with van der Waals surface area (Å²) in [7, 11) is 0. The molecule has 1 aromatic heterocycles. The van der Waals surface area contributed by atoms with Gasteiger partial charge in [0.15, 0.2) is 0 Å². The minimum absolute atomic E-state index is 0.167. The number of carboxylic acids is 1. The standard InChI is InChI=1S/C12H10ClNO2/c13-10-4-1-3-9(7-10)8-14-6-2-5-11(14)12(15)16/h1-7H,8H2,(H,15,16)/p-1. The van der Waals surface area contributed by atoms with Crippen LogP contribution in [0.2, 0.25) is 5.02 Å². The van der Waals surface area contributed by atoms with Gasteiger partial charge in [0.05, 0.1) is 11.7 Å². The van der Waals surface area contributed by atoms with Gasteiger partial charge in [0.1, 0.15) is 0 Å². The number of nitrogens with zero attached hydrogens (tertiary/aromatic N) is 1. The summed E-state index contributed by atoms with van der Waals surface area (Å²) in [6.07, 6.45) is 1.70. The molecule has 0 bridgehead atoms. The van der Waals surface area contributed by atoms with Crippen molar-refractivity contribution in [3.63, 3.8) is 0 Å². The van der Waals surface area contributed by atoms with E-state index in [-0.39, 0.29) is 5.69 Å². The van der Waals surface area contributed by atoms with E-state index in [1.54, 1.807) is 29.0 Å². The fraction of sp³-hybridized carbons (Fsp3) is 0.0833. The van der Waals surface area contributed by atoms with Gasteiger partial charge in [-0.25, -0.2) is 0 Å². The predicted octanol–water partition coefficient (Wildman–Crippen LogP) is 1.55. The van der Waals surface area contributed by atoms with Gasteiger partial charge in [0.2, 0.25) is 0 Å². The van der Waals surface area contributed by atoms with Gasteiger partial charge in [-0.1, -0.05) is 23.7 Å². The Balaban J connectivity index is 2.27. The van der Waals surface area contributed by atoms with Gasteiger partial charge in [-0.15, -0.1) is 0 Å². The van der Waals surface area contributed by atoms with Gasteiger partial charge in [-0.2, -0.15) is 0 Å². The van der Waals surface area contributed by atoms with E-state index in [4.69, 9.17) is 11.6 Å². The van der Waals surface area contributed by atoms with E-state index in [1.807, 2.05) is 12.1 Å². The van der Waals surface area contributed by atoms with Crippen molar-refractivity contribution in [1.82, 2.24) is 4.57 Å². The maximum atomic E-state index is 10.8. The molecule has 0 saturated heterocycles. The highest BCUT2D eigenvalue weighted by Crippen LogP contribution is 2.13. The summed E-state index contributed by atoms with van der Waals surface area (Å²) >= 11 is 5.85. The van der Waals surface area contributed by atoms with E-state index in [2.05, 4.69) is 0 Å². The monoisotopic (exact) mass is 234 g/mol. The fourth-order valence-corrected chi connectivity index (χ4v) is 1.78. The van der Waals surface area contributed by atoms with E-state index in [0.717, 1.165) is 5.56 Å². The second-order valence-corrected chi connectivity index (χ2v) is 3.88. The SMILES string of the molecule is O=C([O-])c1cccn1Cc1cccc(Cl)c1. The molecule has 3 nitrogen and oxygen atoms in total. The Morgan fingerprint density at radius 1 is 1.31 bits per heavy atom. The van der Waals surface area contributed by atoms with Crippen LogP contribution in [0.5, 0.6) is 0 Å². The lowest BCUT2D eigenvalue weighted by molar-refractivity contribution is -0.255. The highest BCUT2D eigenvalue weighted by atomic mass is 35.5. The molecule has 2 rings (SSSR count). The maximum Gasteiger partial charge on any atom is 0.0880 e. The zero-order chi connectivity index (χ0) is 11.5. The minimum atomic E-state index is -1.17. The Morgan fingerprint density at radius 3 is 2.81 bits per heavy atom. The molecule has 0 aliphatic rings. The summed E-state index contributed by atoms with van der Waals surface area (Å²) in [5, 5.41) is 11.4. The second kappa shape index (κ2) is 4.41. The highest BCUT2D eigenvalue weighted by molar-refractivity contribution is 6.30. The average Bonchev–Trinajstić information content (AvgIpc) is 2.66. The van der Waals surface area contributed by atoms with Crippen molar-refractivity contribution in [2.45, 2.75) is 6.54 Å². The first kappa shape index (κ1) is 10.8. The summed E-state index contributed by atoms with van der Waals surface area (Å²) in [6, 6.07) is 10.5. The van der Waals surface area contributed by atoms with Crippen LogP contribution in [-0.4, -0.2) is 10.5 Å². The Labute approximate surface area is 97.9 Å². The molecule has 0 aliphatic carbocycles. The van der Waals surface area contributed by atoms with Gasteiger partial charge in [-0.05, 0) is 29.8 Å². The third-order valence-corrected chi connectivity index (χ3v) is 2.52. The number of hydrogen-bond acceptors (Lipinski definition) is 2. The number of benzene rings is 1. The number of rotatable bonds is 3. The van der Waals surface area contributed by atoms with Gasteiger partial charge in [-0.3, -0.25) is 0 Å². The predicted molar refractivity (Wildman–Crippen MR) is 59.3 cm³/mol. The number of carboxylic acid groups (broad SMARTS) is 1. The van der Waals surface area contributed by atoms with Crippen LogP contribution in [0.3, 0.4) is 0 Å². The number of aromatic nitrogens is 1. The number of aromatic carboxylic acids is 1. The molecule has 1 aromatic carbocycles.